The first-order chi connectivity index (χ1) is 7.76. The number of nitrogens with two attached hydrogens (primary N) is 1. The molecule has 2 aliphatic rings. The minimum atomic E-state index is 0.382. The third-order valence-corrected chi connectivity index (χ3v) is 3.86. The molecule has 2 rings (SSSR count). The summed E-state index contributed by atoms with van der Waals surface area (Å²) in [5.74, 6) is 0. The van der Waals surface area contributed by atoms with Crippen LogP contribution in [-0.4, -0.2) is 42.3 Å². The van der Waals surface area contributed by atoms with Crippen molar-refractivity contribution in [3.63, 3.8) is 0 Å². The van der Waals surface area contributed by atoms with Crippen LogP contribution in [0.15, 0.2) is 0 Å². The van der Waals surface area contributed by atoms with Crippen molar-refractivity contribution in [1.29, 1.82) is 0 Å². The fourth-order valence-corrected chi connectivity index (χ4v) is 2.90. The van der Waals surface area contributed by atoms with Crippen LogP contribution in [0, 0.1) is 0 Å². The Morgan fingerprint density at radius 1 is 1.31 bits per heavy atom. The molecule has 1 saturated carbocycles. The fraction of sp³-hybridized carbons (Fsp3) is 1.00. The van der Waals surface area contributed by atoms with Gasteiger partial charge < -0.3 is 10.5 Å². The quantitative estimate of drug-likeness (QED) is 0.750. The van der Waals surface area contributed by atoms with Gasteiger partial charge in [0.25, 0.3) is 0 Å². The number of hydrogen-bond acceptors (Lipinski definition) is 3. The Balaban J connectivity index is 1.95. The van der Waals surface area contributed by atoms with Crippen molar-refractivity contribution in [3.05, 3.63) is 0 Å². The maximum absolute atomic E-state index is 6.00. The Bertz CT molecular complexity index is 218. The SMILES string of the molecule is CCCN(C1CC1)C(CN)C1CCC(C)O1. The third kappa shape index (κ3) is 2.76. The normalized spacial score (nSPS) is 32.2. The lowest BCUT2D eigenvalue weighted by Crippen LogP contribution is -2.49. The van der Waals surface area contributed by atoms with E-state index < -0.39 is 0 Å². The molecule has 3 nitrogen and oxygen atoms in total. The van der Waals surface area contributed by atoms with E-state index in [0.29, 0.717) is 18.2 Å². The molecule has 0 radical (unpaired) electrons. The van der Waals surface area contributed by atoms with Crippen molar-refractivity contribution in [1.82, 2.24) is 4.90 Å². The van der Waals surface area contributed by atoms with Gasteiger partial charge in [-0.1, -0.05) is 6.92 Å². The van der Waals surface area contributed by atoms with Gasteiger partial charge in [-0.2, -0.15) is 0 Å². The van der Waals surface area contributed by atoms with E-state index in [1.54, 1.807) is 0 Å². The van der Waals surface area contributed by atoms with Crippen molar-refractivity contribution in [2.75, 3.05) is 13.1 Å². The second kappa shape index (κ2) is 5.48. The van der Waals surface area contributed by atoms with Crippen LogP contribution in [0.25, 0.3) is 0 Å². The maximum atomic E-state index is 6.00. The van der Waals surface area contributed by atoms with E-state index in [0.717, 1.165) is 12.6 Å². The van der Waals surface area contributed by atoms with E-state index in [4.69, 9.17) is 10.5 Å². The molecule has 3 heteroatoms. The maximum Gasteiger partial charge on any atom is 0.0747 e. The highest BCUT2D eigenvalue weighted by Crippen LogP contribution is 2.32. The summed E-state index contributed by atoms with van der Waals surface area (Å²) in [6.45, 7) is 6.35. The van der Waals surface area contributed by atoms with Crippen LogP contribution in [0.1, 0.15) is 46.0 Å². The summed E-state index contributed by atoms with van der Waals surface area (Å²) in [5, 5.41) is 0. The zero-order chi connectivity index (χ0) is 11.5. The monoisotopic (exact) mass is 226 g/mol. The van der Waals surface area contributed by atoms with Crippen LogP contribution < -0.4 is 5.73 Å². The van der Waals surface area contributed by atoms with Crippen LogP contribution in [0.5, 0.6) is 0 Å². The van der Waals surface area contributed by atoms with Gasteiger partial charge in [0.2, 0.25) is 0 Å². The molecule has 1 aliphatic heterocycles. The summed E-state index contributed by atoms with van der Waals surface area (Å²) in [6, 6.07) is 1.26. The van der Waals surface area contributed by atoms with Crippen molar-refractivity contribution in [3.8, 4) is 0 Å². The summed E-state index contributed by atoms with van der Waals surface area (Å²) < 4.78 is 6.00. The molecule has 1 saturated heterocycles. The number of ether oxygens (including phenoxy) is 1. The first-order valence-electron chi connectivity index (χ1n) is 6.87. The number of hydrogen-bond donors (Lipinski definition) is 1. The molecular weight excluding hydrogens is 200 g/mol. The largest absolute Gasteiger partial charge is 0.374 e. The van der Waals surface area contributed by atoms with Gasteiger partial charge in [0, 0.05) is 18.6 Å². The molecule has 1 aliphatic carbocycles. The molecule has 3 atom stereocenters. The van der Waals surface area contributed by atoms with E-state index in [-0.39, 0.29) is 0 Å². The van der Waals surface area contributed by atoms with Crippen LogP contribution >= 0.6 is 0 Å². The summed E-state index contributed by atoms with van der Waals surface area (Å²) in [5.41, 5.74) is 5.97. The average Bonchev–Trinajstić information content (AvgIpc) is 3.02. The van der Waals surface area contributed by atoms with Gasteiger partial charge in [-0.15, -0.1) is 0 Å². The summed E-state index contributed by atoms with van der Waals surface area (Å²) in [6.07, 6.45) is 7.14. The lowest BCUT2D eigenvalue weighted by atomic mass is 10.1. The second-order valence-corrected chi connectivity index (χ2v) is 5.33. The molecule has 0 spiro atoms. The second-order valence-electron chi connectivity index (χ2n) is 5.33. The molecule has 3 unspecified atom stereocenters. The number of rotatable bonds is 6. The molecular formula is C13H26N2O. The Hall–Kier alpha value is -0.120. The van der Waals surface area contributed by atoms with E-state index in [1.165, 1.54) is 38.6 Å². The Kier molecular flexibility index (Phi) is 4.22. The molecule has 2 fully saturated rings. The minimum absolute atomic E-state index is 0.382. The highest BCUT2D eigenvalue weighted by molar-refractivity contribution is 4.93. The van der Waals surface area contributed by atoms with E-state index in [9.17, 15) is 0 Å². The minimum Gasteiger partial charge on any atom is -0.374 e. The molecule has 0 amide bonds. The molecule has 0 bridgehead atoms. The average molecular weight is 226 g/mol. The Labute approximate surface area is 99.3 Å². The Morgan fingerprint density at radius 2 is 2.06 bits per heavy atom. The predicted octanol–water partition coefficient (Wildman–Crippen LogP) is 1.76. The smallest absolute Gasteiger partial charge is 0.0747 e. The zero-order valence-electron chi connectivity index (χ0n) is 10.7. The van der Waals surface area contributed by atoms with Crippen LogP contribution in [0.2, 0.25) is 0 Å². The highest BCUT2D eigenvalue weighted by atomic mass is 16.5. The molecule has 0 aromatic heterocycles. The van der Waals surface area contributed by atoms with Gasteiger partial charge in [-0.25, -0.2) is 0 Å². The van der Waals surface area contributed by atoms with Crippen LogP contribution in [0.4, 0.5) is 0 Å². The topological polar surface area (TPSA) is 38.5 Å². The molecule has 2 N–H and O–H groups in total. The standard InChI is InChI=1S/C13H26N2O/c1-3-8-15(11-5-6-11)12(9-14)13-7-4-10(2)16-13/h10-13H,3-9,14H2,1-2H3. The lowest BCUT2D eigenvalue weighted by molar-refractivity contribution is -0.00703. The molecule has 1 heterocycles. The van der Waals surface area contributed by atoms with Gasteiger partial charge in [-0.3, -0.25) is 4.90 Å². The highest BCUT2D eigenvalue weighted by Gasteiger charge is 2.38. The zero-order valence-corrected chi connectivity index (χ0v) is 10.7. The molecule has 16 heavy (non-hydrogen) atoms. The van der Waals surface area contributed by atoms with Gasteiger partial charge in [-0.05, 0) is 45.6 Å². The summed E-state index contributed by atoms with van der Waals surface area (Å²) in [4.78, 5) is 2.61. The van der Waals surface area contributed by atoms with Crippen LogP contribution in [-0.2, 0) is 4.74 Å². The van der Waals surface area contributed by atoms with Gasteiger partial charge in [0.1, 0.15) is 0 Å². The lowest BCUT2D eigenvalue weighted by Gasteiger charge is -2.34. The summed E-state index contributed by atoms with van der Waals surface area (Å²) in [7, 11) is 0. The van der Waals surface area contributed by atoms with E-state index in [1.807, 2.05) is 0 Å². The van der Waals surface area contributed by atoms with E-state index >= 15 is 0 Å². The first kappa shape index (κ1) is 12.3. The van der Waals surface area contributed by atoms with Crippen molar-refractivity contribution < 1.29 is 4.74 Å². The van der Waals surface area contributed by atoms with E-state index in [2.05, 4.69) is 18.7 Å². The molecule has 94 valence electrons. The Morgan fingerprint density at radius 3 is 2.50 bits per heavy atom. The van der Waals surface area contributed by atoms with Crippen molar-refractivity contribution >= 4 is 0 Å². The van der Waals surface area contributed by atoms with Crippen molar-refractivity contribution in [2.24, 2.45) is 5.73 Å². The fourth-order valence-electron chi connectivity index (χ4n) is 2.90. The van der Waals surface area contributed by atoms with Gasteiger partial charge in [0.05, 0.1) is 12.2 Å². The van der Waals surface area contributed by atoms with Crippen LogP contribution in [0.3, 0.4) is 0 Å². The third-order valence-electron chi connectivity index (χ3n) is 3.86. The van der Waals surface area contributed by atoms with Crippen molar-refractivity contribution in [2.45, 2.75) is 70.2 Å². The number of nitrogens with zero attached hydrogens (tertiary/aromatic N) is 1. The van der Waals surface area contributed by atoms with Gasteiger partial charge in [0.15, 0.2) is 0 Å². The first-order valence-corrected chi connectivity index (χ1v) is 6.87. The van der Waals surface area contributed by atoms with Gasteiger partial charge >= 0.3 is 0 Å². The predicted molar refractivity (Wildman–Crippen MR) is 66.4 cm³/mol. The summed E-state index contributed by atoms with van der Waals surface area (Å²) >= 11 is 0. The molecule has 0 aromatic rings. The molecule has 0 aromatic carbocycles.